The summed E-state index contributed by atoms with van der Waals surface area (Å²) in [5.41, 5.74) is 2.47. The molecule has 0 spiro atoms. The van der Waals surface area contributed by atoms with Crippen molar-refractivity contribution in [2.24, 2.45) is 7.05 Å². The fraction of sp³-hybridized carbons (Fsp3) is 0.414. The molecule has 3 aromatic rings. The van der Waals surface area contributed by atoms with Gasteiger partial charge >= 0.3 is 0 Å². The molecule has 3 heterocycles. The maximum Gasteiger partial charge on any atom is 0.255 e. The third-order valence-corrected chi connectivity index (χ3v) is 7.37. The van der Waals surface area contributed by atoms with E-state index in [9.17, 15) is 9.18 Å². The van der Waals surface area contributed by atoms with E-state index in [1.165, 1.54) is 67.1 Å². The molecule has 8 heteroatoms. The van der Waals surface area contributed by atoms with Gasteiger partial charge in [0.1, 0.15) is 12.4 Å². The molecule has 1 saturated carbocycles. The number of hydrogen-bond donors (Lipinski definition) is 0. The average molecular weight is 504 g/mol. The van der Waals surface area contributed by atoms with Gasteiger partial charge in [-0.1, -0.05) is 25.7 Å². The molecular formula is C29H34FN5O2. The summed E-state index contributed by atoms with van der Waals surface area (Å²) < 4.78 is 21.8. The Hall–Kier alpha value is -3.68. The molecule has 0 amide bonds. The van der Waals surface area contributed by atoms with Gasteiger partial charge in [0.15, 0.2) is 5.82 Å². The lowest BCUT2D eigenvalue weighted by molar-refractivity contribution is 0.273. The van der Waals surface area contributed by atoms with Gasteiger partial charge in [-0.05, 0) is 50.1 Å². The van der Waals surface area contributed by atoms with Gasteiger partial charge in [0.2, 0.25) is 5.95 Å². The van der Waals surface area contributed by atoms with Gasteiger partial charge in [0.05, 0.1) is 18.4 Å². The number of halogens is 1. The predicted molar refractivity (Wildman–Crippen MR) is 145 cm³/mol. The maximum absolute atomic E-state index is 14.4. The Morgan fingerprint density at radius 1 is 1.11 bits per heavy atom. The molecule has 0 radical (unpaired) electrons. The smallest absolute Gasteiger partial charge is 0.255 e. The Bertz CT molecular complexity index is 1310. The molecule has 194 valence electrons. The van der Waals surface area contributed by atoms with E-state index in [0.29, 0.717) is 30.9 Å². The molecule has 5 rings (SSSR count). The van der Waals surface area contributed by atoms with Gasteiger partial charge < -0.3 is 14.5 Å². The predicted octanol–water partition coefficient (Wildman–Crippen LogP) is 5.37. The Labute approximate surface area is 217 Å². The number of aromatic nitrogens is 3. The second-order valence-electron chi connectivity index (χ2n) is 9.71. The minimum atomic E-state index is -0.516. The lowest BCUT2D eigenvalue weighted by Crippen LogP contribution is -2.34. The van der Waals surface area contributed by atoms with E-state index < -0.39 is 5.82 Å². The van der Waals surface area contributed by atoms with Gasteiger partial charge in [-0.25, -0.2) is 9.37 Å². The molecular weight excluding hydrogens is 469 g/mol. The molecule has 37 heavy (non-hydrogen) atoms. The summed E-state index contributed by atoms with van der Waals surface area (Å²) >= 11 is 0. The third-order valence-electron chi connectivity index (χ3n) is 7.37. The van der Waals surface area contributed by atoms with Crippen molar-refractivity contribution < 1.29 is 9.13 Å². The standard InChI is InChI=1S/C29H34FN5O2/c1-3-35(22-8-6-4-5-7-9-22)23-12-10-21(11-13-23)27-20-34(16-17-37-27)29-32-26(18-28(36)33(29)2)24-14-15-31-19-25(24)30/h10-15,18-20,22H,3-9,16-17H2,1-2H3. The van der Waals surface area contributed by atoms with E-state index >= 15 is 0 Å². The molecule has 1 fully saturated rings. The van der Waals surface area contributed by atoms with Crippen molar-refractivity contribution in [3.8, 4) is 11.3 Å². The summed E-state index contributed by atoms with van der Waals surface area (Å²) in [5.74, 6) is 0.629. The highest BCUT2D eigenvalue weighted by atomic mass is 19.1. The van der Waals surface area contributed by atoms with Crippen molar-refractivity contribution in [3.63, 3.8) is 0 Å². The fourth-order valence-corrected chi connectivity index (χ4v) is 5.36. The van der Waals surface area contributed by atoms with Crippen LogP contribution in [-0.2, 0) is 11.8 Å². The van der Waals surface area contributed by atoms with E-state index in [1.54, 1.807) is 7.05 Å². The van der Waals surface area contributed by atoms with Crippen molar-refractivity contribution in [1.29, 1.82) is 0 Å². The van der Waals surface area contributed by atoms with Crippen molar-refractivity contribution >= 4 is 17.4 Å². The molecule has 0 unspecified atom stereocenters. The Balaban J connectivity index is 1.42. The van der Waals surface area contributed by atoms with Crippen LogP contribution in [0.15, 0.2) is 59.8 Å². The lowest BCUT2D eigenvalue weighted by atomic mass is 10.1. The minimum Gasteiger partial charge on any atom is -0.490 e. The molecule has 0 bridgehead atoms. The van der Waals surface area contributed by atoms with Crippen molar-refractivity contribution in [1.82, 2.24) is 14.5 Å². The van der Waals surface area contributed by atoms with Gasteiger partial charge in [0, 0.05) is 54.9 Å². The minimum absolute atomic E-state index is 0.246. The first-order chi connectivity index (χ1) is 18.0. The number of rotatable bonds is 6. The number of pyridine rings is 1. The van der Waals surface area contributed by atoms with Crippen LogP contribution in [0.1, 0.15) is 51.0 Å². The van der Waals surface area contributed by atoms with Crippen LogP contribution in [0.25, 0.3) is 17.0 Å². The zero-order valence-electron chi connectivity index (χ0n) is 21.6. The summed E-state index contributed by atoms with van der Waals surface area (Å²) in [6.45, 7) is 4.19. The molecule has 1 aliphatic carbocycles. The van der Waals surface area contributed by atoms with Crippen LogP contribution < -0.4 is 15.4 Å². The molecule has 0 saturated heterocycles. The first-order valence-electron chi connectivity index (χ1n) is 13.2. The zero-order valence-corrected chi connectivity index (χ0v) is 21.6. The number of benzene rings is 1. The third kappa shape index (κ3) is 5.38. The molecule has 1 aliphatic heterocycles. The zero-order chi connectivity index (χ0) is 25.8. The molecule has 2 aromatic heterocycles. The first kappa shape index (κ1) is 25.0. The molecule has 1 aromatic carbocycles. The second kappa shape index (κ2) is 11.2. The summed E-state index contributed by atoms with van der Waals surface area (Å²) in [5, 5.41) is 0. The number of hydrogen-bond acceptors (Lipinski definition) is 6. The van der Waals surface area contributed by atoms with E-state index in [1.807, 2.05) is 11.1 Å². The Morgan fingerprint density at radius 3 is 2.57 bits per heavy atom. The van der Waals surface area contributed by atoms with Crippen LogP contribution in [0.4, 0.5) is 16.0 Å². The van der Waals surface area contributed by atoms with E-state index in [0.717, 1.165) is 18.3 Å². The van der Waals surface area contributed by atoms with Crippen molar-refractivity contribution in [2.45, 2.75) is 51.5 Å². The average Bonchev–Trinajstić information content (AvgIpc) is 3.21. The summed E-state index contributed by atoms with van der Waals surface area (Å²) in [7, 11) is 1.67. The largest absolute Gasteiger partial charge is 0.490 e. The van der Waals surface area contributed by atoms with Gasteiger partial charge in [0.25, 0.3) is 5.56 Å². The van der Waals surface area contributed by atoms with E-state index in [-0.39, 0.29) is 16.8 Å². The van der Waals surface area contributed by atoms with Gasteiger partial charge in [-0.2, -0.15) is 0 Å². The fourth-order valence-electron chi connectivity index (χ4n) is 5.36. The van der Waals surface area contributed by atoms with Crippen molar-refractivity contribution in [3.05, 3.63) is 76.7 Å². The number of ether oxygens (including phenoxy) is 1. The SMILES string of the molecule is CCN(c1ccc(C2=CN(c3nc(-c4ccncc4F)cc(=O)n3C)CCO2)cc1)C1CCCCCC1. The second-order valence-corrected chi connectivity index (χ2v) is 9.71. The van der Waals surface area contributed by atoms with Crippen LogP contribution in [0.5, 0.6) is 0 Å². The highest BCUT2D eigenvalue weighted by Gasteiger charge is 2.22. The van der Waals surface area contributed by atoms with Gasteiger partial charge in [-0.3, -0.25) is 14.3 Å². The molecule has 2 aliphatic rings. The molecule has 0 atom stereocenters. The highest BCUT2D eigenvalue weighted by molar-refractivity contribution is 5.67. The normalized spacial score (nSPS) is 16.6. The summed E-state index contributed by atoms with van der Waals surface area (Å²) in [6.07, 6.45) is 12.3. The van der Waals surface area contributed by atoms with E-state index in [2.05, 4.69) is 46.1 Å². The summed E-state index contributed by atoms with van der Waals surface area (Å²) in [6, 6.07) is 12.0. The number of nitrogens with zero attached hydrogens (tertiary/aromatic N) is 5. The van der Waals surface area contributed by atoms with Gasteiger partial charge in [-0.15, -0.1) is 0 Å². The van der Waals surface area contributed by atoms with Crippen LogP contribution in [0.2, 0.25) is 0 Å². The monoisotopic (exact) mass is 503 g/mol. The topological polar surface area (TPSA) is 63.5 Å². The Kier molecular flexibility index (Phi) is 7.53. The maximum atomic E-state index is 14.4. The van der Waals surface area contributed by atoms with Crippen molar-refractivity contribution in [2.75, 3.05) is 29.5 Å². The van der Waals surface area contributed by atoms with Crippen LogP contribution >= 0.6 is 0 Å². The molecule has 7 nitrogen and oxygen atoms in total. The first-order valence-corrected chi connectivity index (χ1v) is 13.2. The van der Waals surface area contributed by atoms with Crippen LogP contribution in [0, 0.1) is 5.82 Å². The van der Waals surface area contributed by atoms with E-state index in [4.69, 9.17) is 4.74 Å². The lowest BCUT2D eigenvalue weighted by Gasteiger charge is -2.32. The van der Waals surface area contributed by atoms with Crippen LogP contribution in [-0.4, -0.2) is 40.3 Å². The van der Waals surface area contributed by atoms with Crippen LogP contribution in [0.3, 0.4) is 0 Å². The highest BCUT2D eigenvalue weighted by Crippen LogP contribution is 2.30. The summed E-state index contributed by atoms with van der Waals surface area (Å²) in [4.78, 5) is 25.6. The molecule has 0 N–H and O–H groups in total. The Morgan fingerprint density at radius 2 is 1.86 bits per heavy atom. The number of anilines is 2. The quantitative estimate of drug-likeness (QED) is 0.422.